The third-order valence-electron chi connectivity index (χ3n) is 3.38. The van der Waals surface area contributed by atoms with Gasteiger partial charge in [0, 0.05) is 31.0 Å². The normalized spacial score (nSPS) is 18.5. The molecule has 0 aliphatic carbocycles. The zero-order valence-corrected chi connectivity index (χ0v) is 10.9. The smallest absolute Gasteiger partial charge is 0.257 e. The molecule has 102 valence electrons. The molecule has 1 aliphatic rings. The Morgan fingerprint density at radius 1 is 1.32 bits per heavy atom. The molecule has 0 saturated carbocycles. The molecular weight excluding hydrogens is 252 g/mol. The summed E-state index contributed by atoms with van der Waals surface area (Å²) in [6.07, 6.45) is 0.527. The van der Waals surface area contributed by atoms with E-state index in [-0.39, 0.29) is 30.7 Å². The van der Waals surface area contributed by atoms with Crippen LogP contribution in [0.2, 0.25) is 0 Å². The summed E-state index contributed by atoms with van der Waals surface area (Å²) in [5.41, 5.74) is -0.809. The monoisotopic (exact) mass is 267 g/mol. The molecule has 1 heterocycles. The van der Waals surface area contributed by atoms with Crippen LogP contribution in [0, 0.1) is 11.6 Å². The van der Waals surface area contributed by atoms with Crippen LogP contribution in [0.1, 0.15) is 37.0 Å². The number of benzene rings is 1. The van der Waals surface area contributed by atoms with Crippen molar-refractivity contribution in [2.24, 2.45) is 0 Å². The highest BCUT2D eigenvalue weighted by molar-refractivity contribution is 5.96. The van der Waals surface area contributed by atoms with Gasteiger partial charge in [0.05, 0.1) is 5.56 Å². The fraction of sp³-hybridized carbons (Fsp3) is 0.429. The second kappa shape index (κ2) is 4.72. The van der Waals surface area contributed by atoms with Crippen LogP contribution in [0.25, 0.3) is 0 Å². The average molecular weight is 267 g/mol. The van der Waals surface area contributed by atoms with E-state index in [4.69, 9.17) is 0 Å². The molecule has 0 atom stereocenters. The van der Waals surface area contributed by atoms with E-state index < -0.39 is 23.1 Å². The summed E-state index contributed by atoms with van der Waals surface area (Å²) in [5.74, 6) is -2.01. The topological polar surface area (TPSA) is 37.4 Å². The minimum absolute atomic E-state index is 0.0913. The first-order valence-electron chi connectivity index (χ1n) is 6.10. The van der Waals surface area contributed by atoms with Crippen molar-refractivity contribution >= 4 is 11.7 Å². The molecule has 0 bridgehead atoms. The van der Waals surface area contributed by atoms with E-state index in [2.05, 4.69) is 0 Å². The Balaban J connectivity index is 2.31. The van der Waals surface area contributed by atoms with Gasteiger partial charge < -0.3 is 4.90 Å². The van der Waals surface area contributed by atoms with Gasteiger partial charge in [0.25, 0.3) is 5.91 Å². The van der Waals surface area contributed by atoms with Crippen molar-refractivity contribution in [1.82, 2.24) is 4.90 Å². The van der Waals surface area contributed by atoms with Gasteiger partial charge in [-0.2, -0.15) is 0 Å². The van der Waals surface area contributed by atoms with Gasteiger partial charge in [-0.3, -0.25) is 9.59 Å². The number of ketones is 1. The second-order valence-electron chi connectivity index (χ2n) is 5.36. The average Bonchev–Trinajstić information content (AvgIpc) is 2.26. The zero-order chi connectivity index (χ0) is 14.2. The molecule has 0 spiro atoms. The van der Waals surface area contributed by atoms with E-state index in [9.17, 15) is 18.4 Å². The third-order valence-corrected chi connectivity index (χ3v) is 3.38. The molecule has 5 heteroatoms. The van der Waals surface area contributed by atoms with Crippen LogP contribution < -0.4 is 0 Å². The zero-order valence-electron chi connectivity index (χ0n) is 10.9. The Morgan fingerprint density at radius 2 is 2.00 bits per heavy atom. The van der Waals surface area contributed by atoms with E-state index >= 15 is 0 Å². The molecule has 19 heavy (non-hydrogen) atoms. The van der Waals surface area contributed by atoms with Gasteiger partial charge in [0.2, 0.25) is 0 Å². The highest BCUT2D eigenvalue weighted by Gasteiger charge is 2.37. The van der Waals surface area contributed by atoms with Crippen LogP contribution >= 0.6 is 0 Å². The summed E-state index contributed by atoms with van der Waals surface area (Å²) in [6.45, 7) is 3.80. The molecule has 0 aromatic heterocycles. The molecule has 3 nitrogen and oxygen atoms in total. The fourth-order valence-corrected chi connectivity index (χ4v) is 2.39. The van der Waals surface area contributed by atoms with Crippen LogP contribution in [-0.2, 0) is 4.79 Å². The lowest BCUT2D eigenvalue weighted by molar-refractivity contribution is -0.124. The largest absolute Gasteiger partial charge is 0.333 e. The van der Waals surface area contributed by atoms with Gasteiger partial charge in [-0.1, -0.05) is 0 Å². The van der Waals surface area contributed by atoms with Gasteiger partial charge >= 0.3 is 0 Å². The highest BCUT2D eigenvalue weighted by atomic mass is 19.1. The van der Waals surface area contributed by atoms with E-state index in [1.165, 1.54) is 4.90 Å². The van der Waals surface area contributed by atoms with Crippen LogP contribution in [0.5, 0.6) is 0 Å². The predicted molar refractivity (Wildman–Crippen MR) is 65.7 cm³/mol. The van der Waals surface area contributed by atoms with Gasteiger partial charge in [0.15, 0.2) is 0 Å². The molecular formula is C14H15F2NO2. The van der Waals surface area contributed by atoms with Crippen LogP contribution in [0.15, 0.2) is 18.2 Å². The standard InChI is InChI=1S/C14H15F2NO2/c1-14(2)8-10(18)5-6-17(14)13(19)11-4-3-9(15)7-12(11)16/h3-4,7H,5-6,8H2,1-2H3. The van der Waals surface area contributed by atoms with Crippen molar-refractivity contribution in [3.05, 3.63) is 35.4 Å². The first kappa shape index (κ1) is 13.6. The number of amides is 1. The van der Waals surface area contributed by atoms with E-state index in [0.29, 0.717) is 6.07 Å². The molecule has 0 unspecified atom stereocenters. The Hall–Kier alpha value is -1.78. The number of hydrogen-bond donors (Lipinski definition) is 0. The summed E-state index contributed by atoms with van der Waals surface area (Å²) in [4.78, 5) is 25.2. The van der Waals surface area contributed by atoms with Gasteiger partial charge in [0.1, 0.15) is 17.4 Å². The molecule has 0 N–H and O–H groups in total. The minimum atomic E-state index is -0.877. The molecule has 1 aliphatic heterocycles. The summed E-state index contributed by atoms with van der Waals surface area (Å²) in [7, 11) is 0. The molecule has 1 saturated heterocycles. The first-order valence-corrected chi connectivity index (χ1v) is 6.10. The van der Waals surface area contributed by atoms with Crippen molar-refractivity contribution in [1.29, 1.82) is 0 Å². The minimum Gasteiger partial charge on any atom is -0.333 e. The second-order valence-corrected chi connectivity index (χ2v) is 5.36. The van der Waals surface area contributed by atoms with Crippen LogP contribution in [0.3, 0.4) is 0 Å². The Morgan fingerprint density at radius 3 is 2.58 bits per heavy atom. The van der Waals surface area contributed by atoms with Gasteiger partial charge in [-0.05, 0) is 26.0 Å². The third kappa shape index (κ3) is 2.64. The summed E-state index contributed by atoms with van der Waals surface area (Å²) in [6, 6.07) is 2.88. The number of carbonyl (C=O) groups excluding carboxylic acids is 2. The molecule has 1 aromatic carbocycles. The van der Waals surface area contributed by atoms with Crippen molar-refractivity contribution in [3.63, 3.8) is 0 Å². The summed E-state index contributed by atoms with van der Waals surface area (Å²) < 4.78 is 26.5. The first-order chi connectivity index (χ1) is 8.81. The maximum absolute atomic E-state index is 13.6. The number of carbonyl (C=O) groups is 2. The van der Waals surface area contributed by atoms with Gasteiger partial charge in [-0.15, -0.1) is 0 Å². The fourth-order valence-electron chi connectivity index (χ4n) is 2.39. The Bertz CT molecular complexity index is 540. The number of nitrogens with zero attached hydrogens (tertiary/aromatic N) is 1. The Labute approximate surface area is 110 Å². The van der Waals surface area contributed by atoms with E-state index in [1.54, 1.807) is 13.8 Å². The lowest BCUT2D eigenvalue weighted by Gasteiger charge is -2.41. The predicted octanol–water partition coefficient (Wildman–Crippen LogP) is 2.55. The maximum Gasteiger partial charge on any atom is 0.257 e. The lowest BCUT2D eigenvalue weighted by Crippen LogP contribution is -2.53. The van der Waals surface area contributed by atoms with Crippen molar-refractivity contribution in [2.75, 3.05) is 6.54 Å². The molecule has 1 amide bonds. The number of likely N-dealkylation sites (tertiary alicyclic amines) is 1. The van der Waals surface area contributed by atoms with Crippen molar-refractivity contribution in [2.45, 2.75) is 32.2 Å². The Kier molecular flexibility index (Phi) is 3.39. The summed E-state index contributed by atoms with van der Waals surface area (Å²) >= 11 is 0. The van der Waals surface area contributed by atoms with Crippen molar-refractivity contribution < 1.29 is 18.4 Å². The number of rotatable bonds is 1. The molecule has 0 radical (unpaired) electrons. The molecule has 1 aromatic rings. The molecule has 1 fully saturated rings. The maximum atomic E-state index is 13.6. The molecule has 2 rings (SSSR count). The summed E-state index contributed by atoms with van der Waals surface area (Å²) in [5, 5.41) is 0. The number of Topliss-reactive ketones (excluding diaryl/α,β-unsaturated/α-hetero) is 1. The van der Waals surface area contributed by atoms with E-state index in [0.717, 1.165) is 12.1 Å². The van der Waals surface area contributed by atoms with Gasteiger partial charge in [-0.25, -0.2) is 8.78 Å². The quantitative estimate of drug-likeness (QED) is 0.784. The van der Waals surface area contributed by atoms with Crippen LogP contribution in [-0.4, -0.2) is 28.7 Å². The SMILES string of the molecule is CC1(C)CC(=O)CCN1C(=O)c1ccc(F)cc1F. The van der Waals surface area contributed by atoms with Crippen molar-refractivity contribution in [3.8, 4) is 0 Å². The van der Waals surface area contributed by atoms with Crippen LogP contribution in [0.4, 0.5) is 8.78 Å². The number of piperidine rings is 1. The highest BCUT2D eigenvalue weighted by Crippen LogP contribution is 2.27. The number of hydrogen-bond acceptors (Lipinski definition) is 2. The number of halogens is 2. The lowest BCUT2D eigenvalue weighted by atomic mass is 9.89. The van der Waals surface area contributed by atoms with E-state index in [1.807, 2.05) is 0 Å².